The molecule has 10 heteroatoms. The number of benzene rings is 2. The third kappa shape index (κ3) is 7.57. The minimum Gasteiger partial charge on any atom is -0.484 e. The van der Waals surface area contributed by atoms with E-state index >= 15 is 0 Å². The van der Waals surface area contributed by atoms with Crippen molar-refractivity contribution in [2.45, 2.75) is 19.4 Å². The van der Waals surface area contributed by atoms with Gasteiger partial charge in [0, 0.05) is 36.3 Å². The minimum absolute atomic E-state index is 0.00867. The summed E-state index contributed by atoms with van der Waals surface area (Å²) in [5.74, 6) is -0.716. The summed E-state index contributed by atoms with van der Waals surface area (Å²) < 4.78 is 24.2. The molecule has 1 atom stereocenters. The lowest BCUT2D eigenvalue weighted by Crippen LogP contribution is -2.37. The number of hydrogen-bond donors (Lipinski definition) is 3. The molecule has 0 saturated heterocycles. The van der Waals surface area contributed by atoms with Gasteiger partial charge in [-0.2, -0.15) is 0 Å². The van der Waals surface area contributed by atoms with E-state index in [2.05, 4.69) is 15.6 Å². The molecule has 0 bridgehead atoms. The molecule has 8 nitrogen and oxygen atoms in total. The van der Waals surface area contributed by atoms with Crippen LogP contribution in [0.25, 0.3) is 10.9 Å². The molecule has 2 amide bonds. The lowest BCUT2D eigenvalue weighted by atomic mass is 10.2. The van der Waals surface area contributed by atoms with Crippen LogP contribution in [0.5, 0.6) is 11.5 Å². The Hall–Kier alpha value is -3.43. The van der Waals surface area contributed by atoms with Gasteiger partial charge in [0.05, 0.1) is 16.6 Å². The first-order chi connectivity index (χ1) is 16.3. The van der Waals surface area contributed by atoms with Crippen LogP contribution in [0, 0.1) is 12.7 Å². The first-order valence-electron chi connectivity index (χ1n) is 10.6. The number of carbonyl (C=O) groups is 2. The minimum atomic E-state index is -0.862. The molecule has 0 aliphatic heterocycles. The van der Waals surface area contributed by atoms with Crippen molar-refractivity contribution in [2.24, 2.45) is 0 Å². The molecular weight excluding hydrogens is 465 g/mol. The molecule has 0 radical (unpaired) electrons. The largest absolute Gasteiger partial charge is 0.484 e. The number of pyridine rings is 1. The number of rotatable bonds is 11. The van der Waals surface area contributed by atoms with E-state index in [0.29, 0.717) is 5.75 Å². The van der Waals surface area contributed by atoms with Gasteiger partial charge in [-0.1, -0.05) is 23.7 Å². The van der Waals surface area contributed by atoms with Gasteiger partial charge in [0.2, 0.25) is 0 Å². The number of aliphatic hydroxyl groups excluding tert-OH is 1. The molecule has 2 aromatic carbocycles. The highest BCUT2D eigenvalue weighted by atomic mass is 35.5. The average molecular weight is 490 g/mol. The molecule has 180 valence electrons. The number of nitrogens with zero attached hydrogens (tertiary/aromatic N) is 1. The lowest BCUT2D eigenvalue weighted by molar-refractivity contribution is -0.124. The fourth-order valence-electron chi connectivity index (χ4n) is 3.06. The van der Waals surface area contributed by atoms with Crippen molar-refractivity contribution in [3.8, 4) is 11.5 Å². The highest BCUT2D eigenvalue weighted by Gasteiger charge is 2.11. The number of ether oxygens (including phenoxy) is 2. The van der Waals surface area contributed by atoms with E-state index in [9.17, 15) is 19.1 Å². The molecule has 3 aromatic rings. The summed E-state index contributed by atoms with van der Waals surface area (Å²) in [5.41, 5.74) is 1.55. The van der Waals surface area contributed by atoms with E-state index in [0.717, 1.165) is 22.7 Å². The number of aryl methyl sites for hydroxylation is 1. The predicted octanol–water partition coefficient (Wildman–Crippen LogP) is 2.78. The highest BCUT2D eigenvalue weighted by molar-refractivity contribution is 6.30. The van der Waals surface area contributed by atoms with E-state index in [4.69, 9.17) is 21.1 Å². The fraction of sp³-hybridized carbons (Fsp3) is 0.292. The second-order valence-electron chi connectivity index (χ2n) is 7.53. The Bertz CT molecular complexity index is 1160. The summed E-state index contributed by atoms with van der Waals surface area (Å²) in [6.45, 7) is 1.51. The number of aromatic nitrogens is 1. The molecule has 0 unspecified atom stereocenters. The molecule has 3 rings (SSSR count). The zero-order chi connectivity index (χ0) is 24.5. The number of nitrogens with one attached hydrogen (secondary N) is 2. The SMILES string of the molecule is Cc1cc(OCC(=O)NC[C@@H](O)CCNC(=O)COc2ccc(Cl)c(F)c2)c2ccccc2n1. The standard InChI is InChI=1S/C24H25ClFN3O5/c1-15-10-22(18-4-2-3-5-21(18)29-15)34-14-24(32)28-12-16(30)8-9-27-23(31)13-33-17-6-7-19(25)20(26)11-17/h2-7,10-11,16,30H,8-9,12-14H2,1H3,(H,27,31)(H,28,32)/t16-/m0/s1. The molecule has 3 N–H and O–H groups in total. The topological polar surface area (TPSA) is 110 Å². The van der Waals surface area contributed by atoms with E-state index in [-0.39, 0.29) is 49.4 Å². The molecular formula is C24H25ClFN3O5. The van der Waals surface area contributed by atoms with Gasteiger partial charge in [0.15, 0.2) is 13.2 Å². The average Bonchev–Trinajstić information content (AvgIpc) is 2.81. The Balaban J connectivity index is 1.32. The Morgan fingerprint density at radius 3 is 2.62 bits per heavy atom. The first-order valence-corrected chi connectivity index (χ1v) is 11.0. The Kier molecular flexibility index (Phi) is 9.00. The maximum absolute atomic E-state index is 13.4. The van der Waals surface area contributed by atoms with Crippen molar-refractivity contribution in [3.63, 3.8) is 0 Å². The Morgan fingerprint density at radius 1 is 1.09 bits per heavy atom. The van der Waals surface area contributed by atoms with Crippen LogP contribution in [0.1, 0.15) is 12.1 Å². The summed E-state index contributed by atoms with van der Waals surface area (Å²) in [5, 5.41) is 16.0. The summed E-state index contributed by atoms with van der Waals surface area (Å²) in [7, 11) is 0. The van der Waals surface area contributed by atoms with Gasteiger partial charge in [0.25, 0.3) is 11.8 Å². The van der Waals surface area contributed by atoms with Gasteiger partial charge in [-0.15, -0.1) is 0 Å². The highest BCUT2D eigenvalue weighted by Crippen LogP contribution is 2.25. The smallest absolute Gasteiger partial charge is 0.258 e. The number of para-hydroxylation sites is 1. The van der Waals surface area contributed by atoms with Crippen LogP contribution < -0.4 is 20.1 Å². The van der Waals surface area contributed by atoms with E-state index < -0.39 is 17.8 Å². The van der Waals surface area contributed by atoms with E-state index in [1.54, 1.807) is 6.07 Å². The summed E-state index contributed by atoms with van der Waals surface area (Å²) in [6, 6.07) is 13.1. The van der Waals surface area contributed by atoms with Gasteiger partial charge < -0.3 is 25.2 Å². The molecule has 1 heterocycles. The van der Waals surface area contributed by atoms with Crippen molar-refractivity contribution in [1.29, 1.82) is 0 Å². The van der Waals surface area contributed by atoms with Crippen molar-refractivity contribution in [1.82, 2.24) is 15.6 Å². The number of halogens is 2. The Morgan fingerprint density at radius 2 is 1.82 bits per heavy atom. The molecule has 1 aromatic heterocycles. The van der Waals surface area contributed by atoms with Crippen LogP contribution in [0.3, 0.4) is 0 Å². The predicted molar refractivity (Wildman–Crippen MR) is 126 cm³/mol. The molecule has 0 fully saturated rings. The van der Waals surface area contributed by atoms with Crippen molar-refractivity contribution in [2.75, 3.05) is 26.3 Å². The van der Waals surface area contributed by atoms with Crippen molar-refractivity contribution in [3.05, 3.63) is 65.1 Å². The summed E-state index contributed by atoms with van der Waals surface area (Å²) in [6.07, 6.45) is -0.643. The number of amides is 2. The number of carbonyl (C=O) groups excluding carboxylic acids is 2. The van der Waals surface area contributed by atoms with Crippen LogP contribution in [-0.2, 0) is 9.59 Å². The molecule has 34 heavy (non-hydrogen) atoms. The summed E-state index contributed by atoms with van der Waals surface area (Å²) in [4.78, 5) is 28.4. The maximum atomic E-state index is 13.4. The van der Waals surface area contributed by atoms with Crippen molar-refractivity contribution >= 4 is 34.3 Å². The van der Waals surface area contributed by atoms with E-state index in [1.165, 1.54) is 12.1 Å². The van der Waals surface area contributed by atoms with Gasteiger partial charge in [-0.25, -0.2) is 4.39 Å². The van der Waals surface area contributed by atoms with Crippen LogP contribution in [0.2, 0.25) is 5.02 Å². The maximum Gasteiger partial charge on any atom is 0.258 e. The van der Waals surface area contributed by atoms with Gasteiger partial charge in [0.1, 0.15) is 17.3 Å². The first kappa shape index (κ1) is 25.2. The van der Waals surface area contributed by atoms with Crippen LogP contribution >= 0.6 is 11.6 Å². The van der Waals surface area contributed by atoms with Crippen LogP contribution in [0.4, 0.5) is 4.39 Å². The monoisotopic (exact) mass is 489 g/mol. The van der Waals surface area contributed by atoms with Crippen LogP contribution in [0.15, 0.2) is 48.5 Å². The molecule has 0 aliphatic carbocycles. The quantitative estimate of drug-likeness (QED) is 0.382. The molecule has 0 spiro atoms. The molecule has 0 aliphatic rings. The summed E-state index contributed by atoms with van der Waals surface area (Å²) >= 11 is 5.59. The third-order valence-corrected chi connectivity index (χ3v) is 5.07. The normalized spacial score (nSPS) is 11.6. The fourth-order valence-corrected chi connectivity index (χ4v) is 3.18. The Labute approximate surface area is 201 Å². The second-order valence-corrected chi connectivity index (χ2v) is 7.94. The lowest BCUT2D eigenvalue weighted by Gasteiger charge is -2.14. The van der Waals surface area contributed by atoms with Gasteiger partial charge >= 0.3 is 0 Å². The number of aliphatic hydroxyl groups is 1. The van der Waals surface area contributed by atoms with Gasteiger partial charge in [-0.05, 0) is 37.6 Å². The zero-order valence-corrected chi connectivity index (χ0v) is 19.3. The van der Waals surface area contributed by atoms with Crippen LogP contribution in [-0.4, -0.2) is 54.3 Å². The van der Waals surface area contributed by atoms with Crippen molar-refractivity contribution < 1.29 is 28.6 Å². The number of hydrogen-bond acceptors (Lipinski definition) is 6. The zero-order valence-electron chi connectivity index (χ0n) is 18.5. The molecule has 0 saturated carbocycles. The van der Waals surface area contributed by atoms with Gasteiger partial charge in [-0.3, -0.25) is 14.6 Å². The third-order valence-electron chi connectivity index (χ3n) is 4.76. The number of fused-ring (bicyclic) bond motifs is 1. The van der Waals surface area contributed by atoms with E-state index in [1.807, 2.05) is 31.2 Å². The second kappa shape index (κ2) is 12.2.